The van der Waals surface area contributed by atoms with Crippen LogP contribution in [0.25, 0.3) is 0 Å². The van der Waals surface area contributed by atoms with Crippen LogP contribution in [0.3, 0.4) is 0 Å². The fraction of sp³-hybridized carbons (Fsp3) is 0.405. The lowest BCUT2D eigenvalue weighted by molar-refractivity contribution is -0.140. The van der Waals surface area contributed by atoms with Crippen molar-refractivity contribution in [1.29, 1.82) is 0 Å². The first-order valence-corrected chi connectivity index (χ1v) is 17.7. The molecular weight excluding hydrogens is 692 g/mol. The standard InChI is InChI=1S/C37H42BrClN6O3/c1-37(2,3)48-36(47)45-19-18-43(34-31-13-12-30(39)21-27(31)10-11-28-20-29(38)22-41-33(28)34)24-32(45)35(46)44(23-26-8-5-4-6-9-26)16-7-15-42-17-14-40-25-42/h4-6,8-9,12-14,17,20-22,25,32,34H,7,10-11,15-16,18-19,23-24H2,1-3H3/t32-,34?/m1/s1. The summed E-state index contributed by atoms with van der Waals surface area (Å²) in [4.78, 5) is 43.6. The highest BCUT2D eigenvalue weighted by Gasteiger charge is 2.43. The summed E-state index contributed by atoms with van der Waals surface area (Å²) in [6, 6.07) is 17.2. The van der Waals surface area contributed by atoms with Crippen molar-refractivity contribution in [2.75, 3.05) is 26.2 Å². The van der Waals surface area contributed by atoms with E-state index in [1.165, 1.54) is 5.56 Å². The van der Waals surface area contributed by atoms with Gasteiger partial charge >= 0.3 is 6.09 Å². The van der Waals surface area contributed by atoms with Crippen molar-refractivity contribution in [3.8, 4) is 0 Å². The Balaban J connectivity index is 1.36. The van der Waals surface area contributed by atoms with Gasteiger partial charge in [-0.3, -0.25) is 19.6 Å². The van der Waals surface area contributed by atoms with E-state index in [0.717, 1.165) is 52.7 Å². The molecule has 2 aromatic heterocycles. The molecule has 2 amide bonds. The van der Waals surface area contributed by atoms with Crippen LogP contribution in [0.1, 0.15) is 61.2 Å². The number of fused-ring (bicyclic) bond motifs is 2. The van der Waals surface area contributed by atoms with Gasteiger partial charge in [-0.05, 0) is 96.4 Å². The van der Waals surface area contributed by atoms with E-state index in [-0.39, 0.29) is 11.9 Å². The highest BCUT2D eigenvalue weighted by molar-refractivity contribution is 9.10. The summed E-state index contributed by atoms with van der Waals surface area (Å²) in [6.07, 6.45) is 9.23. The number of aryl methyl sites for hydroxylation is 3. The summed E-state index contributed by atoms with van der Waals surface area (Å²) in [5.74, 6) is -0.103. The number of aromatic nitrogens is 3. The Bertz CT molecular complexity index is 1680. The van der Waals surface area contributed by atoms with Crippen LogP contribution in [0.15, 0.2) is 84.0 Å². The number of halogens is 2. The molecule has 252 valence electrons. The molecule has 3 heterocycles. The molecule has 0 spiro atoms. The molecule has 1 fully saturated rings. The lowest BCUT2D eigenvalue weighted by Crippen LogP contribution is -2.62. The second-order valence-corrected chi connectivity index (χ2v) is 14.9. The fourth-order valence-electron chi connectivity index (χ4n) is 6.72. The Morgan fingerprint density at radius 2 is 1.85 bits per heavy atom. The lowest BCUT2D eigenvalue weighted by Gasteiger charge is -2.45. The maximum atomic E-state index is 14.8. The van der Waals surface area contributed by atoms with Crippen LogP contribution in [0.2, 0.25) is 5.02 Å². The van der Waals surface area contributed by atoms with Crippen molar-refractivity contribution in [1.82, 2.24) is 29.2 Å². The van der Waals surface area contributed by atoms with E-state index in [4.69, 9.17) is 21.3 Å². The molecule has 1 unspecified atom stereocenters. The van der Waals surface area contributed by atoms with Gasteiger partial charge in [-0.25, -0.2) is 9.78 Å². The van der Waals surface area contributed by atoms with Gasteiger partial charge in [0.2, 0.25) is 5.91 Å². The lowest BCUT2D eigenvalue weighted by atomic mass is 9.95. The number of carbonyl (C=O) groups is 2. The number of rotatable bonds is 8. The van der Waals surface area contributed by atoms with Gasteiger partial charge in [-0.1, -0.05) is 48.0 Å². The number of piperazine rings is 1. The second kappa shape index (κ2) is 14.8. The number of benzene rings is 2. The van der Waals surface area contributed by atoms with Gasteiger partial charge in [0, 0.05) is 67.4 Å². The minimum atomic E-state index is -0.761. The van der Waals surface area contributed by atoms with Crippen LogP contribution >= 0.6 is 27.5 Å². The molecule has 1 aliphatic carbocycles. The molecule has 4 aromatic rings. The SMILES string of the molecule is CC(C)(C)OC(=O)N1CCN(C2c3ccc(Cl)cc3CCc3cc(Br)cnc32)C[C@@H]1C(=O)N(CCCn1ccnc1)Cc1ccccc1. The predicted octanol–water partition coefficient (Wildman–Crippen LogP) is 6.92. The van der Waals surface area contributed by atoms with Gasteiger partial charge in [0.05, 0.1) is 18.1 Å². The van der Waals surface area contributed by atoms with E-state index >= 15 is 0 Å². The molecule has 1 saturated heterocycles. The fourth-order valence-corrected chi connectivity index (χ4v) is 7.29. The quantitative estimate of drug-likeness (QED) is 0.196. The zero-order chi connectivity index (χ0) is 33.8. The Labute approximate surface area is 296 Å². The number of imidazole rings is 1. The van der Waals surface area contributed by atoms with Crippen LogP contribution in [0.4, 0.5) is 4.79 Å². The number of pyridine rings is 1. The molecule has 2 atom stereocenters. The van der Waals surface area contributed by atoms with Crippen molar-refractivity contribution in [2.24, 2.45) is 0 Å². The Morgan fingerprint density at radius 1 is 1.06 bits per heavy atom. The maximum absolute atomic E-state index is 14.8. The molecule has 9 nitrogen and oxygen atoms in total. The molecule has 0 saturated carbocycles. The zero-order valence-corrected chi connectivity index (χ0v) is 30.0. The van der Waals surface area contributed by atoms with E-state index in [1.54, 1.807) is 17.4 Å². The van der Waals surface area contributed by atoms with E-state index in [9.17, 15) is 9.59 Å². The largest absolute Gasteiger partial charge is 0.444 e. The molecule has 2 aromatic carbocycles. The number of nitrogens with zero attached hydrogens (tertiary/aromatic N) is 6. The number of carbonyl (C=O) groups excluding carboxylic acids is 2. The Morgan fingerprint density at radius 3 is 2.60 bits per heavy atom. The number of amides is 2. The van der Waals surface area contributed by atoms with E-state index in [1.807, 2.05) is 85.1 Å². The molecule has 48 heavy (non-hydrogen) atoms. The Hall–Kier alpha value is -3.73. The van der Waals surface area contributed by atoms with Gasteiger partial charge in [0.1, 0.15) is 11.6 Å². The highest BCUT2D eigenvalue weighted by atomic mass is 79.9. The molecule has 11 heteroatoms. The smallest absolute Gasteiger partial charge is 0.411 e. The second-order valence-electron chi connectivity index (χ2n) is 13.5. The molecule has 6 rings (SSSR count). The third kappa shape index (κ3) is 8.10. The molecule has 0 radical (unpaired) electrons. The number of hydrogen-bond acceptors (Lipinski definition) is 6. The van der Waals surface area contributed by atoms with Crippen molar-refractivity contribution in [2.45, 2.75) is 70.8 Å². The topological polar surface area (TPSA) is 83.8 Å². The van der Waals surface area contributed by atoms with E-state index in [2.05, 4.69) is 37.9 Å². The van der Waals surface area contributed by atoms with Gasteiger partial charge in [-0.15, -0.1) is 0 Å². The average molecular weight is 734 g/mol. The van der Waals surface area contributed by atoms with Crippen molar-refractivity contribution in [3.05, 3.63) is 117 Å². The normalized spacial score (nSPS) is 18.1. The van der Waals surface area contributed by atoms with E-state index < -0.39 is 17.7 Å². The Kier molecular flexibility index (Phi) is 10.5. The van der Waals surface area contributed by atoms with Gasteiger partial charge in [0.15, 0.2) is 0 Å². The van der Waals surface area contributed by atoms with Crippen LogP contribution in [-0.2, 0) is 35.5 Å². The zero-order valence-electron chi connectivity index (χ0n) is 27.7. The van der Waals surface area contributed by atoms with Crippen molar-refractivity contribution >= 4 is 39.5 Å². The summed E-state index contributed by atoms with van der Waals surface area (Å²) < 4.78 is 8.82. The monoisotopic (exact) mass is 732 g/mol. The number of ether oxygens (including phenoxy) is 1. The first kappa shape index (κ1) is 34.1. The molecule has 1 aliphatic heterocycles. The molecule has 2 aliphatic rings. The first-order chi connectivity index (χ1) is 23.1. The van der Waals surface area contributed by atoms with Crippen LogP contribution in [0, 0.1) is 0 Å². The highest BCUT2D eigenvalue weighted by Crippen LogP contribution is 2.39. The predicted molar refractivity (Wildman–Crippen MR) is 190 cm³/mol. The van der Waals surface area contributed by atoms with Gasteiger partial charge in [-0.2, -0.15) is 0 Å². The van der Waals surface area contributed by atoms with Crippen LogP contribution in [0.5, 0.6) is 0 Å². The van der Waals surface area contributed by atoms with Crippen molar-refractivity contribution in [3.63, 3.8) is 0 Å². The molecular formula is C37H42BrClN6O3. The van der Waals surface area contributed by atoms with Gasteiger partial charge < -0.3 is 14.2 Å². The maximum Gasteiger partial charge on any atom is 0.411 e. The van der Waals surface area contributed by atoms with Crippen LogP contribution < -0.4 is 0 Å². The summed E-state index contributed by atoms with van der Waals surface area (Å²) in [7, 11) is 0. The molecule has 0 bridgehead atoms. The van der Waals surface area contributed by atoms with E-state index in [0.29, 0.717) is 37.7 Å². The first-order valence-electron chi connectivity index (χ1n) is 16.5. The van der Waals surface area contributed by atoms with Crippen molar-refractivity contribution < 1.29 is 14.3 Å². The minimum Gasteiger partial charge on any atom is -0.444 e. The average Bonchev–Trinajstić information content (AvgIpc) is 3.52. The third-order valence-corrected chi connectivity index (χ3v) is 9.58. The minimum absolute atomic E-state index is 0.103. The summed E-state index contributed by atoms with van der Waals surface area (Å²) in [5, 5.41) is 0.697. The summed E-state index contributed by atoms with van der Waals surface area (Å²) in [5.41, 5.74) is 4.76. The molecule has 0 N–H and O–H groups in total. The van der Waals surface area contributed by atoms with Crippen LogP contribution in [-0.4, -0.2) is 79.1 Å². The summed E-state index contributed by atoms with van der Waals surface area (Å²) in [6.45, 7) is 8.45. The van der Waals surface area contributed by atoms with Gasteiger partial charge in [0.25, 0.3) is 0 Å². The summed E-state index contributed by atoms with van der Waals surface area (Å²) >= 11 is 10.1. The number of hydrogen-bond donors (Lipinski definition) is 0. The third-order valence-electron chi connectivity index (χ3n) is 8.91.